The molecule has 1 amide bonds. The third-order valence-electron chi connectivity index (χ3n) is 3.20. The van der Waals surface area contributed by atoms with Crippen LogP contribution in [0, 0.1) is 5.82 Å². The first-order chi connectivity index (χ1) is 9.63. The average molecular weight is 272 g/mol. The van der Waals surface area contributed by atoms with Gasteiger partial charge in [0.1, 0.15) is 11.6 Å². The highest BCUT2D eigenvalue weighted by atomic mass is 19.1. The van der Waals surface area contributed by atoms with Crippen LogP contribution in [0.1, 0.15) is 5.56 Å². The molecule has 0 radical (unpaired) electrons. The Morgan fingerprint density at radius 1 is 1.30 bits per heavy atom. The summed E-state index contributed by atoms with van der Waals surface area (Å²) in [4.78, 5) is 12.1. The van der Waals surface area contributed by atoms with Gasteiger partial charge < -0.3 is 15.8 Å². The van der Waals surface area contributed by atoms with Gasteiger partial charge in [0.05, 0.1) is 5.69 Å². The van der Waals surface area contributed by atoms with E-state index in [0.717, 1.165) is 11.3 Å². The van der Waals surface area contributed by atoms with Crippen molar-refractivity contribution in [1.82, 2.24) is 0 Å². The second-order valence-corrected chi connectivity index (χ2v) is 4.64. The molecule has 2 aromatic rings. The van der Waals surface area contributed by atoms with Gasteiger partial charge in [-0.1, -0.05) is 18.2 Å². The normalized spacial score (nSPS) is 16.4. The summed E-state index contributed by atoms with van der Waals surface area (Å²) in [5, 5.41) is 2.68. The summed E-state index contributed by atoms with van der Waals surface area (Å²) in [6, 6.07) is 11.6. The molecule has 1 atom stereocenters. The molecule has 3 rings (SSSR count). The number of carbonyl (C=O) groups is 1. The summed E-state index contributed by atoms with van der Waals surface area (Å²) in [5.41, 5.74) is 6.92. The molecular weight excluding hydrogens is 259 g/mol. The standard InChI is InChI=1S/C15H13FN2O2/c16-11-6-5-10(8-12(11)17)18-15(19)14-7-9-3-1-2-4-13(9)20-14/h1-6,8,14H,7,17H2,(H,18,19). The average Bonchev–Trinajstić information content (AvgIpc) is 2.87. The van der Waals surface area contributed by atoms with Crippen LogP contribution in [0.3, 0.4) is 0 Å². The van der Waals surface area contributed by atoms with Gasteiger partial charge in [0, 0.05) is 12.1 Å². The molecule has 0 saturated carbocycles. The highest BCUT2D eigenvalue weighted by molar-refractivity contribution is 5.95. The minimum absolute atomic E-state index is 0.00146. The highest BCUT2D eigenvalue weighted by Gasteiger charge is 2.28. The highest BCUT2D eigenvalue weighted by Crippen LogP contribution is 2.28. The second-order valence-electron chi connectivity index (χ2n) is 4.64. The van der Waals surface area contributed by atoms with Crippen LogP contribution in [0.4, 0.5) is 15.8 Å². The lowest BCUT2D eigenvalue weighted by Gasteiger charge is -2.11. The van der Waals surface area contributed by atoms with Crippen molar-refractivity contribution in [2.24, 2.45) is 0 Å². The Kier molecular flexibility index (Phi) is 3.02. The van der Waals surface area contributed by atoms with Gasteiger partial charge in [-0.3, -0.25) is 4.79 Å². The molecule has 20 heavy (non-hydrogen) atoms. The number of nitrogen functional groups attached to an aromatic ring is 1. The van der Waals surface area contributed by atoms with Gasteiger partial charge >= 0.3 is 0 Å². The second kappa shape index (κ2) is 4.85. The Balaban J connectivity index is 1.71. The molecular formula is C15H13FN2O2. The van der Waals surface area contributed by atoms with Crippen molar-refractivity contribution in [2.45, 2.75) is 12.5 Å². The molecule has 0 saturated heterocycles. The lowest BCUT2D eigenvalue weighted by molar-refractivity contribution is -0.122. The van der Waals surface area contributed by atoms with Crippen molar-refractivity contribution in [2.75, 3.05) is 11.1 Å². The minimum Gasteiger partial charge on any atom is -0.480 e. The van der Waals surface area contributed by atoms with Crippen LogP contribution in [0.15, 0.2) is 42.5 Å². The number of para-hydroxylation sites is 1. The van der Waals surface area contributed by atoms with E-state index in [1.165, 1.54) is 18.2 Å². The number of hydrogen-bond donors (Lipinski definition) is 2. The Bertz CT molecular complexity index is 648. The van der Waals surface area contributed by atoms with Gasteiger partial charge in [0.25, 0.3) is 5.91 Å². The molecule has 1 unspecified atom stereocenters. The molecule has 0 fully saturated rings. The number of ether oxygens (including phenoxy) is 1. The van der Waals surface area contributed by atoms with E-state index in [9.17, 15) is 9.18 Å². The molecule has 0 spiro atoms. The molecule has 102 valence electrons. The van der Waals surface area contributed by atoms with Crippen LogP contribution in [0.2, 0.25) is 0 Å². The summed E-state index contributed by atoms with van der Waals surface area (Å²) in [7, 11) is 0. The number of anilines is 2. The number of nitrogens with one attached hydrogen (secondary N) is 1. The number of halogens is 1. The summed E-state index contributed by atoms with van der Waals surface area (Å²) < 4.78 is 18.6. The molecule has 0 bridgehead atoms. The number of nitrogens with two attached hydrogens (primary N) is 1. The molecule has 4 nitrogen and oxygen atoms in total. The maximum Gasteiger partial charge on any atom is 0.265 e. The summed E-state index contributed by atoms with van der Waals surface area (Å²) in [5.74, 6) is -0.0500. The van der Waals surface area contributed by atoms with E-state index in [4.69, 9.17) is 10.5 Å². The van der Waals surface area contributed by atoms with E-state index in [2.05, 4.69) is 5.32 Å². The van der Waals surface area contributed by atoms with Crippen molar-refractivity contribution in [1.29, 1.82) is 0 Å². The van der Waals surface area contributed by atoms with Crippen molar-refractivity contribution >= 4 is 17.3 Å². The number of rotatable bonds is 2. The van der Waals surface area contributed by atoms with Crippen LogP contribution in [-0.2, 0) is 11.2 Å². The SMILES string of the molecule is Nc1cc(NC(=O)C2Cc3ccccc3O2)ccc1F. The van der Waals surface area contributed by atoms with Gasteiger partial charge in [-0.2, -0.15) is 0 Å². The van der Waals surface area contributed by atoms with E-state index < -0.39 is 11.9 Å². The molecule has 3 N–H and O–H groups in total. The molecule has 0 aliphatic carbocycles. The van der Waals surface area contributed by atoms with Crippen molar-refractivity contribution < 1.29 is 13.9 Å². The van der Waals surface area contributed by atoms with E-state index in [1.54, 1.807) is 0 Å². The summed E-state index contributed by atoms with van der Waals surface area (Å²) in [6.07, 6.45) is -0.0442. The van der Waals surface area contributed by atoms with Crippen LogP contribution in [0.5, 0.6) is 5.75 Å². The molecule has 5 heteroatoms. The number of carbonyl (C=O) groups excluding carboxylic acids is 1. The Morgan fingerprint density at radius 2 is 2.10 bits per heavy atom. The third kappa shape index (κ3) is 2.30. The molecule has 0 aromatic heterocycles. The van der Waals surface area contributed by atoms with Crippen LogP contribution in [0.25, 0.3) is 0 Å². The van der Waals surface area contributed by atoms with E-state index in [1.807, 2.05) is 24.3 Å². The monoisotopic (exact) mass is 272 g/mol. The molecule has 1 aliphatic heterocycles. The Hall–Kier alpha value is -2.56. The zero-order valence-corrected chi connectivity index (χ0v) is 10.6. The van der Waals surface area contributed by atoms with Crippen molar-refractivity contribution in [3.05, 3.63) is 53.8 Å². The van der Waals surface area contributed by atoms with Gasteiger partial charge in [-0.15, -0.1) is 0 Å². The van der Waals surface area contributed by atoms with Crippen LogP contribution in [-0.4, -0.2) is 12.0 Å². The summed E-state index contributed by atoms with van der Waals surface area (Å²) >= 11 is 0. The van der Waals surface area contributed by atoms with Gasteiger partial charge in [-0.25, -0.2) is 4.39 Å². The van der Waals surface area contributed by atoms with Crippen LogP contribution >= 0.6 is 0 Å². The van der Waals surface area contributed by atoms with Crippen molar-refractivity contribution in [3.63, 3.8) is 0 Å². The van der Waals surface area contributed by atoms with E-state index in [0.29, 0.717) is 12.1 Å². The maximum absolute atomic E-state index is 13.1. The molecule has 1 aliphatic rings. The maximum atomic E-state index is 13.1. The topological polar surface area (TPSA) is 64.3 Å². The number of benzene rings is 2. The zero-order valence-electron chi connectivity index (χ0n) is 10.6. The first-order valence-electron chi connectivity index (χ1n) is 6.24. The predicted molar refractivity (Wildman–Crippen MR) is 74.0 cm³/mol. The zero-order chi connectivity index (χ0) is 14.1. The number of amides is 1. The Labute approximate surface area is 115 Å². The van der Waals surface area contributed by atoms with E-state index in [-0.39, 0.29) is 11.6 Å². The smallest absolute Gasteiger partial charge is 0.265 e. The fraction of sp³-hybridized carbons (Fsp3) is 0.133. The lowest BCUT2D eigenvalue weighted by atomic mass is 10.1. The number of fused-ring (bicyclic) bond motifs is 1. The van der Waals surface area contributed by atoms with E-state index >= 15 is 0 Å². The fourth-order valence-corrected chi connectivity index (χ4v) is 2.17. The molecule has 1 heterocycles. The minimum atomic E-state index is -0.571. The van der Waals surface area contributed by atoms with Gasteiger partial charge in [0.15, 0.2) is 6.10 Å². The molecule has 2 aromatic carbocycles. The third-order valence-corrected chi connectivity index (χ3v) is 3.20. The van der Waals surface area contributed by atoms with Gasteiger partial charge in [-0.05, 0) is 29.8 Å². The largest absolute Gasteiger partial charge is 0.480 e. The lowest BCUT2D eigenvalue weighted by Crippen LogP contribution is -2.31. The van der Waals surface area contributed by atoms with Gasteiger partial charge in [0.2, 0.25) is 0 Å². The van der Waals surface area contributed by atoms with Crippen LogP contribution < -0.4 is 15.8 Å². The first kappa shape index (κ1) is 12.5. The Morgan fingerprint density at radius 3 is 2.85 bits per heavy atom. The van der Waals surface area contributed by atoms with Crippen molar-refractivity contribution in [3.8, 4) is 5.75 Å². The summed E-state index contributed by atoms with van der Waals surface area (Å²) in [6.45, 7) is 0. The fourth-order valence-electron chi connectivity index (χ4n) is 2.17. The predicted octanol–water partition coefficient (Wildman–Crippen LogP) is 2.35. The quantitative estimate of drug-likeness (QED) is 0.825. The first-order valence-corrected chi connectivity index (χ1v) is 6.24. The number of hydrogen-bond acceptors (Lipinski definition) is 3.